The number of hydrogen-bond donors (Lipinski definition) is 2. The number of amides is 1. The Hall–Kier alpha value is -2.24. The van der Waals surface area contributed by atoms with E-state index in [1.165, 1.54) is 14.2 Å². The quantitative estimate of drug-likeness (QED) is 0.835. The summed E-state index contributed by atoms with van der Waals surface area (Å²) in [6.07, 6.45) is 3.59. The second-order valence-electron chi connectivity index (χ2n) is 6.26. The molecule has 1 saturated carbocycles. The van der Waals surface area contributed by atoms with Gasteiger partial charge in [0.05, 0.1) is 14.2 Å². The van der Waals surface area contributed by atoms with Crippen molar-refractivity contribution in [3.05, 3.63) is 23.8 Å². The number of carboxylic acids is 1. The molecule has 2 N–H and O–H groups in total. The number of nitrogens with one attached hydrogen (secondary N) is 1. The first-order chi connectivity index (χ1) is 11.5. The molecule has 0 spiro atoms. The average molecular weight is 335 g/mol. The topological polar surface area (TPSA) is 84.9 Å². The van der Waals surface area contributed by atoms with Crippen LogP contribution in [0.5, 0.6) is 11.5 Å². The van der Waals surface area contributed by atoms with Gasteiger partial charge in [-0.3, -0.25) is 4.79 Å². The van der Waals surface area contributed by atoms with Crippen molar-refractivity contribution < 1.29 is 24.2 Å². The monoisotopic (exact) mass is 335 g/mol. The Labute approximate surface area is 142 Å². The number of methoxy groups -OCH3 is 2. The van der Waals surface area contributed by atoms with E-state index in [2.05, 4.69) is 12.2 Å². The van der Waals surface area contributed by atoms with E-state index in [4.69, 9.17) is 9.47 Å². The van der Waals surface area contributed by atoms with E-state index in [9.17, 15) is 14.7 Å². The van der Waals surface area contributed by atoms with Crippen molar-refractivity contribution in [3.8, 4) is 11.5 Å². The van der Waals surface area contributed by atoms with Gasteiger partial charge in [0.2, 0.25) is 0 Å². The van der Waals surface area contributed by atoms with Crippen LogP contribution in [-0.4, -0.2) is 36.7 Å². The van der Waals surface area contributed by atoms with Gasteiger partial charge in [0.15, 0.2) is 11.5 Å². The molecule has 0 radical (unpaired) electrons. The number of carboxylic acid groups (broad SMARTS) is 1. The highest BCUT2D eigenvalue weighted by molar-refractivity contribution is 5.98. The fourth-order valence-electron chi connectivity index (χ4n) is 3.24. The van der Waals surface area contributed by atoms with E-state index >= 15 is 0 Å². The first kappa shape index (κ1) is 18.1. The minimum atomic E-state index is -1.18. The van der Waals surface area contributed by atoms with E-state index in [0.29, 0.717) is 35.8 Å². The SMILES string of the molecule is CCC1CCC(NC(=O)c2ccc(OC)c(OC)c2)(C(=O)O)CC1. The Morgan fingerprint density at radius 3 is 2.33 bits per heavy atom. The summed E-state index contributed by atoms with van der Waals surface area (Å²) in [7, 11) is 3.01. The van der Waals surface area contributed by atoms with Gasteiger partial charge in [-0.15, -0.1) is 0 Å². The molecule has 0 aliphatic heterocycles. The van der Waals surface area contributed by atoms with Gasteiger partial charge >= 0.3 is 5.97 Å². The summed E-state index contributed by atoms with van der Waals surface area (Å²) in [5.41, 5.74) is -0.832. The molecule has 1 fully saturated rings. The summed E-state index contributed by atoms with van der Waals surface area (Å²) in [6, 6.07) is 4.79. The van der Waals surface area contributed by atoms with E-state index in [-0.39, 0.29) is 0 Å². The van der Waals surface area contributed by atoms with Gasteiger partial charge in [-0.2, -0.15) is 0 Å². The second-order valence-corrected chi connectivity index (χ2v) is 6.26. The first-order valence-electron chi connectivity index (χ1n) is 8.23. The Morgan fingerprint density at radius 2 is 1.83 bits per heavy atom. The molecule has 1 amide bonds. The molecule has 2 rings (SSSR count). The Kier molecular flexibility index (Phi) is 5.70. The molecule has 1 aliphatic rings. The molecule has 1 aromatic rings. The highest BCUT2D eigenvalue weighted by Crippen LogP contribution is 2.34. The maximum atomic E-state index is 12.6. The molecule has 1 aromatic carbocycles. The van der Waals surface area contributed by atoms with Crippen LogP contribution in [-0.2, 0) is 4.79 Å². The van der Waals surface area contributed by atoms with E-state index in [1.54, 1.807) is 18.2 Å². The first-order valence-corrected chi connectivity index (χ1v) is 8.23. The zero-order valence-electron chi connectivity index (χ0n) is 14.4. The summed E-state index contributed by atoms with van der Waals surface area (Å²) in [5.74, 6) is 0.115. The molecule has 6 nitrogen and oxygen atoms in total. The van der Waals surface area contributed by atoms with E-state index in [0.717, 1.165) is 19.3 Å². The van der Waals surface area contributed by atoms with Gasteiger partial charge in [-0.1, -0.05) is 13.3 Å². The predicted octanol–water partition coefficient (Wildman–Crippen LogP) is 2.86. The molecule has 0 unspecified atom stereocenters. The average Bonchev–Trinajstić information content (AvgIpc) is 2.61. The largest absolute Gasteiger partial charge is 0.493 e. The molecule has 0 bridgehead atoms. The lowest BCUT2D eigenvalue weighted by atomic mass is 9.75. The fourth-order valence-corrected chi connectivity index (χ4v) is 3.24. The van der Waals surface area contributed by atoms with Crippen molar-refractivity contribution in [2.75, 3.05) is 14.2 Å². The van der Waals surface area contributed by atoms with Gasteiger partial charge in [0.25, 0.3) is 5.91 Å². The zero-order valence-corrected chi connectivity index (χ0v) is 14.4. The summed E-state index contributed by atoms with van der Waals surface area (Å²) in [5, 5.41) is 12.4. The van der Waals surface area contributed by atoms with Crippen molar-refractivity contribution in [3.63, 3.8) is 0 Å². The second kappa shape index (κ2) is 7.55. The summed E-state index contributed by atoms with van der Waals surface area (Å²) in [6.45, 7) is 2.11. The third-order valence-corrected chi connectivity index (χ3v) is 4.94. The van der Waals surface area contributed by atoms with Gasteiger partial charge in [-0.25, -0.2) is 4.79 Å². The summed E-state index contributed by atoms with van der Waals surface area (Å²) < 4.78 is 10.3. The Bertz CT molecular complexity index is 605. The Morgan fingerprint density at radius 1 is 1.21 bits per heavy atom. The number of ether oxygens (including phenoxy) is 2. The van der Waals surface area contributed by atoms with Gasteiger partial charge in [0, 0.05) is 5.56 Å². The highest BCUT2D eigenvalue weighted by Gasteiger charge is 2.43. The van der Waals surface area contributed by atoms with Gasteiger partial charge in [-0.05, 0) is 49.8 Å². The standard InChI is InChI=1S/C18H25NO5/c1-4-12-7-9-18(10-8-12,17(21)22)19-16(20)13-5-6-14(23-2)15(11-13)24-3/h5-6,11-12H,4,7-10H2,1-3H3,(H,19,20)(H,21,22). The molecule has 132 valence electrons. The van der Waals surface area contributed by atoms with Crippen LogP contribution in [0.25, 0.3) is 0 Å². The van der Waals surface area contributed by atoms with Crippen LogP contribution in [0.15, 0.2) is 18.2 Å². The fraction of sp³-hybridized carbons (Fsp3) is 0.556. The maximum Gasteiger partial charge on any atom is 0.329 e. The summed E-state index contributed by atoms with van der Waals surface area (Å²) in [4.78, 5) is 24.4. The minimum Gasteiger partial charge on any atom is -0.493 e. The third-order valence-electron chi connectivity index (χ3n) is 4.94. The lowest BCUT2D eigenvalue weighted by Crippen LogP contribution is -2.56. The number of rotatable bonds is 6. The number of carbonyl (C=O) groups is 2. The van der Waals surface area contributed by atoms with Gasteiger partial charge in [0.1, 0.15) is 5.54 Å². The number of hydrogen-bond acceptors (Lipinski definition) is 4. The molecular formula is C18H25NO5. The van der Waals surface area contributed by atoms with Crippen LogP contribution < -0.4 is 14.8 Å². The number of benzene rings is 1. The van der Waals surface area contributed by atoms with Gasteiger partial charge < -0.3 is 19.9 Å². The number of carbonyl (C=O) groups excluding carboxylic acids is 1. The van der Waals surface area contributed by atoms with Crippen LogP contribution in [0.2, 0.25) is 0 Å². The van der Waals surface area contributed by atoms with Crippen LogP contribution in [0.1, 0.15) is 49.4 Å². The van der Waals surface area contributed by atoms with Crippen LogP contribution in [0.4, 0.5) is 0 Å². The van der Waals surface area contributed by atoms with Crippen molar-refractivity contribution >= 4 is 11.9 Å². The molecule has 0 heterocycles. The van der Waals surface area contributed by atoms with Crippen LogP contribution in [0, 0.1) is 5.92 Å². The van der Waals surface area contributed by atoms with Crippen molar-refractivity contribution in [1.82, 2.24) is 5.32 Å². The summed E-state index contributed by atoms with van der Waals surface area (Å²) >= 11 is 0. The third kappa shape index (κ3) is 3.63. The van der Waals surface area contributed by atoms with E-state index in [1.807, 2.05) is 0 Å². The van der Waals surface area contributed by atoms with Crippen LogP contribution in [0.3, 0.4) is 0 Å². The Balaban J connectivity index is 2.18. The number of aliphatic carboxylic acids is 1. The zero-order chi connectivity index (χ0) is 17.7. The van der Waals surface area contributed by atoms with Crippen molar-refractivity contribution in [2.45, 2.75) is 44.6 Å². The normalized spacial score (nSPS) is 23.4. The lowest BCUT2D eigenvalue weighted by molar-refractivity contribution is -0.146. The van der Waals surface area contributed by atoms with E-state index < -0.39 is 17.4 Å². The molecule has 6 heteroatoms. The smallest absolute Gasteiger partial charge is 0.329 e. The lowest BCUT2D eigenvalue weighted by Gasteiger charge is -2.37. The molecule has 0 atom stereocenters. The highest BCUT2D eigenvalue weighted by atomic mass is 16.5. The molecule has 0 saturated heterocycles. The maximum absolute atomic E-state index is 12.6. The molecule has 0 aromatic heterocycles. The van der Waals surface area contributed by atoms with Crippen LogP contribution >= 0.6 is 0 Å². The minimum absolute atomic E-state index is 0.353. The van der Waals surface area contributed by atoms with Crippen molar-refractivity contribution in [1.29, 1.82) is 0 Å². The molecule has 24 heavy (non-hydrogen) atoms. The molecule has 1 aliphatic carbocycles. The molecular weight excluding hydrogens is 310 g/mol. The predicted molar refractivity (Wildman–Crippen MR) is 89.6 cm³/mol. The van der Waals surface area contributed by atoms with Crippen molar-refractivity contribution in [2.24, 2.45) is 5.92 Å².